The van der Waals surface area contributed by atoms with Gasteiger partial charge in [0, 0.05) is 18.3 Å². The van der Waals surface area contributed by atoms with Gasteiger partial charge in [-0.05, 0) is 43.4 Å². The molecule has 1 unspecified atom stereocenters. The smallest absolute Gasteiger partial charge is 0.336 e. The Kier molecular flexibility index (Phi) is 5.05. The van der Waals surface area contributed by atoms with Crippen molar-refractivity contribution in [2.45, 2.75) is 58.4 Å². The van der Waals surface area contributed by atoms with Crippen molar-refractivity contribution in [1.29, 1.82) is 0 Å². The van der Waals surface area contributed by atoms with Crippen molar-refractivity contribution in [3.8, 4) is 0 Å². The number of hydrogen-bond acceptors (Lipinski definition) is 2. The van der Waals surface area contributed by atoms with Crippen molar-refractivity contribution >= 4 is 11.7 Å². The molecule has 1 N–H and O–H groups in total. The largest absolute Gasteiger partial charge is 0.478 e. The van der Waals surface area contributed by atoms with Gasteiger partial charge in [0.2, 0.25) is 0 Å². The second-order valence-electron chi connectivity index (χ2n) is 5.61. The number of carbonyl (C=O) groups is 1. The van der Waals surface area contributed by atoms with Crippen LogP contribution in [0.5, 0.6) is 0 Å². The molecule has 1 heterocycles. The van der Waals surface area contributed by atoms with Gasteiger partial charge in [-0.3, -0.25) is 0 Å². The molecule has 0 saturated heterocycles. The summed E-state index contributed by atoms with van der Waals surface area (Å²) in [5, 5.41) is 9.35. The van der Waals surface area contributed by atoms with Crippen LogP contribution < -0.4 is 4.90 Å². The maximum atomic E-state index is 11.4. The van der Waals surface area contributed by atoms with Crippen LogP contribution in [-0.4, -0.2) is 23.7 Å². The summed E-state index contributed by atoms with van der Waals surface area (Å²) in [5.74, 6) is -0.801. The molecule has 0 aromatic heterocycles. The molecule has 0 amide bonds. The van der Waals surface area contributed by atoms with Crippen molar-refractivity contribution in [3.05, 3.63) is 29.3 Å². The van der Waals surface area contributed by atoms with Crippen LogP contribution in [0.2, 0.25) is 0 Å². The van der Waals surface area contributed by atoms with Crippen LogP contribution in [-0.2, 0) is 6.42 Å². The van der Waals surface area contributed by atoms with E-state index in [1.54, 1.807) is 6.07 Å². The number of benzene rings is 1. The predicted octanol–water partition coefficient (Wildman–Crippen LogP) is 4.11. The quantitative estimate of drug-likeness (QED) is 0.849. The molecule has 3 heteroatoms. The Labute approximate surface area is 121 Å². The minimum atomic E-state index is -0.801. The molecule has 20 heavy (non-hydrogen) atoms. The van der Waals surface area contributed by atoms with Gasteiger partial charge >= 0.3 is 5.97 Å². The third-order valence-electron chi connectivity index (χ3n) is 4.32. The van der Waals surface area contributed by atoms with Gasteiger partial charge in [0.05, 0.1) is 5.56 Å². The highest BCUT2D eigenvalue weighted by molar-refractivity contribution is 5.91. The number of carboxylic acids is 1. The molecule has 1 aliphatic heterocycles. The van der Waals surface area contributed by atoms with Crippen molar-refractivity contribution in [2.24, 2.45) is 0 Å². The lowest BCUT2D eigenvalue weighted by Gasteiger charge is -2.38. The standard InChI is InChI=1S/C17H25NO2/c1-3-5-8-13(4-2)18-12-7-10-14-15(17(19)20)9-6-11-16(14)18/h6,9,11,13H,3-5,7-8,10,12H2,1-2H3,(H,19,20). The van der Waals surface area contributed by atoms with E-state index in [2.05, 4.69) is 24.8 Å². The topological polar surface area (TPSA) is 40.5 Å². The third-order valence-corrected chi connectivity index (χ3v) is 4.32. The zero-order valence-electron chi connectivity index (χ0n) is 12.6. The predicted molar refractivity (Wildman–Crippen MR) is 82.7 cm³/mol. The summed E-state index contributed by atoms with van der Waals surface area (Å²) in [6, 6.07) is 6.25. The monoisotopic (exact) mass is 275 g/mol. The van der Waals surface area contributed by atoms with Gasteiger partial charge in [0.25, 0.3) is 0 Å². The summed E-state index contributed by atoms with van der Waals surface area (Å²) in [7, 11) is 0. The first-order valence-corrected chi connectivity index (χ1v) is 7.80. The Morgan fingerprint density at radius 2 is 2.20 bits per heavy atom. The highest BCUT2D eigenvalue weighted by Gasteiger charge is 2.25. The van der Waals surface area contributed by atoms with Crippen molar-refractivity contribution in [1.82, 2.24) is 0 Å². The van der Waals surface area contributed by atoms with E-state index in [1.807, 2.05) is 6.07 Å². The molecule has 3 nitrogen and oxygen atoms in total. The highest BCUT2D eigenvalue weighted by Crippen LogP contribution is 2.33. The SMILES string of the molecule is CCCCC(CC)N1CCCc2c(C(=O)O)cccc21. The van der Waals surface area contributed by atoms with E-state index in [0.717, 1.165) is 37.1 Å². The number of carboxylic acid groups (broad SMARTS) is 1. The molecule has 110 valence electrons. The first-order valence-electron chi connectivity index (χ1n) is 7.80. The van der Waals surface area contributed by atoms with E-state index in [-0.39, 0.29) is 0 Å². The average Bonchev–Trinajstić information content (AvgIpc) is 2.47. The average molecular weight is 275 g/mol. The number of anilines is 1. The van der Waals surface area contributed by atoms with E-state index in [9.17, 15) is 9.90 Å². The maximum Gasteiger partial charge on any atom is 0.336 e. The normalized spacial score (nSPS) is 15.8. The highest BCUT2D eigenvalue weighted by atomic mass is 16.4. The van der Waals surface area contributed by atoms with Gasteiger partial charge in [-0.2, -0.15) is 0 Å². The minimum Gasteiger partial charge on any atom is -0.478 e. The van der Waals surface area contributed by atoms with Crippen LogP contribution in [0.25, 0.3) is 0 Å². The lowest BCUT2D eigenvalue weighted by Crippen LogP contribution is -2.39. The summed E-state index contributed by atoms with van der Waals surface area (Å²) < 4.78 is 0. The zero-order chi connectivity index (χ0) is 14.5. The van der Waals surface area contributed by atoms with Gasteiger partial charge in [-0.1, -0.05) is 32.8 Å². The maximum absolute atomic E-state index is 11.4. The molecule has 0 bridgehead atoms. The molecule has 0 saturated carbocycles. The summed E-state index contributed by atoms with van der Waals surface area (Å²) in [4.78, 5) is 13.8. The van der Waals surface area contributed by atoms with Gasteiger partial charge in [0.15, 0.2) is 0 Å². The van der Waals surface area contributed by atoms with Crippen LogP contribution in [0, 0.1) is 0 Å². The molecule has 1 aromatic carbocycles. The molecule has 2 rings (SSSR count). The van der Waals surface area contributed by atoms with E-state index in [4.69, 9.17) is 0 Å². The number of unbranched alkanes of at least 4 members (excludes halogenated alkanes) is 1. The molecule has 1 aromatic rings. The van der Waals surface area contributed by atoms with Crippen LogP contribution in [0.4, 0.5) is 5.69 Å². The first kappa shape index (κ1) is 14.9. The number of hydrogen-bond donors (Lipinski definition) is 1. The van der Waals surface area contributed by atoms with Crippen LogP contribution in [0.15, 0.2) is 18.2 Å². The Morgan fingerprint density at radius 3 is 2.85 bits per heavy atom. The van der Waals surface area contributed by atoms with Gasteiger partial charge in [-0.25, -0.2) is 4.79 Å². The van der Waals surface area contributed by atoms with Crippen molar-refractivity contribution in [2.75, 3.05) is 11.4 Å². The number of nitrogens with zero attached hydrogens (tertiary/aromatic N) is 1. The fourth-order valence-electron chi connectivity index (χ4n) is 3.25. The summed E-state index contributed by atoms with van der Waals surface area (Å²) >= 11 is 0. The van der Waals surface area contributed by atoms with Crippen molar-refractivity contribution < 1.29 is 9.90 Å². The van der Waals surface area contributed by atoms with E-state index in [0.29, 0.717) is 11.6 Å². The Bertz CT molecular complexity index is 470. The minimum absolute atomic E-state index is 0.484. The molecular formula is C17H25NO2. The molecule has 0 aliphatic carbocycles. The second kappa shape index (κ2) is 6.78. The Balaban J connectivity index is 2.32. The van der Waals surface area contributed by atoms with E-state index in [1.165, 1.54) is 19.3 Å². The number of aromatic carboxylic acids is 1. The molecule has 0 fully saturated rings. The van der Waals surface area contributed by atoms with Crippen LogP contribution in [0.3, 0.4) is 0 Å². The van der Waals surface area contributed by atoms with Gasteiger partial charge < -0.3 is 10.0 Å². The zero-order valence-corrected chi connectivity index (χ0v) is 12.6. The first-order chi connectivity index (χ1) is 9.69. The Morgan fingerprint density at radius 1 is 1.40 bits per heavy atom. The van der Waals surface area contributed by atoms with Gasteiger partial charge in [-0.15, -0.1) is 0 Å². The lowest BCUT2D eigenvalue weighted by molar-refractivity contribution is 0.0695. The fourth-order valence-corrected chi connectivity index (χ4v) is 3.25. The fraction of sp³-hybridized carbons (Fsp3) is 0.588. The summed E-state index contributed by atoms with van der Waals surface area (Å²) in [6.45, 7) is 5.51. The number of fused-ring (bicyclic) bond motifs is 1. The summed E-state index contributed by atoms with van der Waals surface area (Å²) in [6.07, 6.45) is 6.72. The molecule has 0 spiro atoms. The van der Waals surface area contributed by atoms with Crippen molar-refractivity contribution in [3.63, 3.8) is 0 Å². The van der Waals surface area contributed by atoms with Crippen LogP contribution >= 0.6 is 0 Å². The lowest BCUT2D eigenvalue weighted by atomic mass is 9.93. The third kappa shape index (κ3) is 2.97. The van der Waals surface area contributed by atoms with E-state index >= 15 is 0 Å². The molecular weight excluding hydrogens is 250 g/mol. The van der Waals surface area contributed by atoms with Crippen LogP contribution in [0.1, 0.15) is 61.9 Å². The number of rotatable bonds is 6. The van der Waals surface area contributed by atoms with Gasteiger partial charge in [0.1, 0.15) is 0 Å². The Hall–Kier alpha value is -1.51. The summed E-state index contributed by atoms with van der Waals surface area (Å²) in [5.41, 5.74) is 2.66. The second-order valence-corrected chi connectivity index (χ2v) is 5.61. The molecule has 0 radical (unpaired) electrons. The molecule has 1 aliphatic rings. The van der Waals surface area contributed by atoms with E-state index < -0.39 is 5.97 Å². The molecule has 1 atom stereocenters.